The Morgan fingerprint density at radius 3 is 2.37 bits per heavy atom. The van der Waals surface area contributed by atoms with E-state index in [1.165, 1.54) is 5.56 Å². The van der Waals surface area contributed by atoms with Crippen LogP contribution >= 0.6 is 11.8 Å². The maximum absolute atomic E-state index is 5.70. The summed E-state index contributed by atoms with van der Waals surface area (Å²) in [5, 5.41) is 8.95. The number of benzene rings is 1. The molecule has 0 unspecified atom stereocenters. The first-order valence-corrected chi connectivity index (χ1v) is 7.11. The SMILES string of the molecule is CC(C)(C)c1ccc(Sc2nnccc2CN)cc1. The summed E-state index contributed by atoms with van der Waals surface area (Å²) in [7, 11) is 0. The molecule has 0 fully saturated rings. The molecule has 1 aromatic carbocycles. The van der Waals surface area contributed by atoms with Crippen LogP contribution in [0.5, 0.6) is 0 Å². The molecule has 1 aromatic heterocycles. The van der Waals surface area contributed by atoms with Gasteiger partial charge < -0.3 is 5.73 Å². The third kappa shape index (κ3) is 3.55. The monoisotopic (exact) mass is 273 g/mol. The standard InChI is InChI=1S/C15H19N3S/c1-15(2,3)12-4-6-13(7-5-12)19-14-11(10-16)8-9-17-18-14/h4-9H,10,16H2,1-3H3. The van der Waals surface area contributed by atoms with Gasteiger partial charge in [-0.1, -0.05) is 44.7 Å². The van der Waals surface area contributed by atoms with Crippen molar-refractivity contribution >= 4 is 11.8 Å². The van der Waals surface area contributed by atoms with E-state index in [1.807, 2.05) is 6.07 Å². The van der Waals surface area contributed by atoms with Crippen molar-refractivity contribution in [2.24, 2.45) is 5.73 Å². The lowest BCUT2D eigenvalue weighted by atomic mass is 9.87. The van der Waals surface area contributed by atoms with E-state index in [-0.39, 0.29) is 5.41 Å². The van der Waals surface area contributed by atoms with Crippen molar-refractivity contribution in [3.05, 3.63) is 47.7 Å². The van der Waals surface area contributed by atoms with Gasteiger partial charge in [0.25, 0.3) is 0 Å². The van der Waals surface area contributed by atoms with E-state index in [0.29, 0.717) is 6.54 Å². The minimum atomic E-state index is 0.179. The van der Waals surface area contributed by atoms with Crippen LogP contribution in [-0.2, 0) is 12.0 Å². The average Bonchev–Trinajstić information content (AvgIpc) is 2.39. The van der Waals surface area contributed by atoms with Crippen LogP contribution < -0.4 is 5.73 Å². The average molecular weight is 273 g/mol. The molecule has 100 valence electrons. The Kier molecular flexibility index (Phi) is 4.22. The normalized spacial score (nSPS) is 11.6. The van der Waals surface area contributed by atoms with Crippen LogP contribution in [0.2, 0.25) is 0 Å². The van der Waals surface area contributed by atoms with Gasteiger partial charge in [-0.25, -0.2) is 0 Å². The molecule has 0 aliphatic rings. The summed E-state index contributed by atoms with van der Waals surface area (Å²) in [5.41, 5.74) is 8.24. The van der Waals surface area contributed by atoms with Crippen LogP contribution in [0.3, 0.4) is 0 Å². The first-order valence-electron chi connectivity index (χ1n) is 6.30. The van der Waals surface area contributed by atoms with E-state index in [4.69, 9.17) is 5.73 Å². The molecule has 4 heteroatoms. The zero-order valence-corrected chi connectivity index (χ0v) is 12.4. The summed E-state index contributed by atoms with van der Waals surface area (Å²) in [4.78, 5) is 1.16. The number of nitrogens with zero attached hydrogens (tertiary/aromatic N) is 2. The van der Waals surface area contributed by atoms with E-state index in [1.54, 1.807) is 18.0 Å². The third-order valence-electron chi connectivity index (χ3n) is 2.92. The fourth-order valence-corrected chi connectivity index (χ4v) is 2.59. The van der Waals surface area contributed by atoms with Gasteiger partial charge in [-0.3, -0.25) is 0 Å². The predicted molar refractivity (Wildman–Crippen MR) is 79.2 cm³/mol. The summed E-state index contributed by atoms with van der Waals surface area (Å²) in [6, 6.07) is 10.5. The number of hydrogen-bond acceptors (Lipinski definition) is 4. The lowest BCUT2D eigenvalue weighted by molar-refractivity contribution is 0.590. The zero-order chi connectivity index (χ0) is 13.9. The molecule has 0 spiro atoms. The van der Waals surface area contributed by atoms with Crippen LogP contribution in [0.1, 0.15) is 31.9 Å². The molecular weight excluding hydrogens is 254 g/mol. The zero-order valence-electron chi connectivity index (χ0n) is 11.6. The predicted octanol–water partition coefficient (Wildman–Crippen LogP) is 3.38. The Balaban J connectivity index is 2.20. The van der Waals surface area contributed by atoms with Gasteiger partial charge in [-0.05, 0) is 29.2 Å². The Morgan fingerprint density at radius 2 is 1.79 bits per heavy atom. The maximum Gasteiger partial charge on any atom is 0.128 e. The van der Waals surface area contributed by atoms with Crippen molar-refractivity contribution in [2.75, 3.05) is 0 Å². The van der Waals surface area contributed by atoms with E-state index < -0.39 is 0 Å². The number of hydrogen-bond donors (Lipinski definition) is 1. The van der Waals surface area contributed by atoms with Gasteiger partial charge in [0.05, 0.1) is 0 Å². The topological polar surface area (TPSA) is 51.8 Å². The van der Waals surface area contributed by atoms with Gasteiger partial charge >= 0.3 is 0 Å². The molecule has 1 heterocycles. The molecule has 19 heavy (non-hydrogen) atoms. The van der Waals surface area contributed by atoms with E-state index in [2.05, 4.69) is 55.2 Å². The molecule has 0 radical (unpaired) electrons. The third-order valence-corrected chi connectivity index (χ3v) is 3.97. The van der Waals surface area contributed by atoms with Crippen molar-refractivity contribution in [3.63, 3.8) is 0 Å². The summed E-state index contributed by atoms with van der Waals surface area (Å²) in [5.74, 6) is 0. The molecule has 3 nitrogen and oxygen atoms in total. The van der Waals surface area contributed by atoms with Gasteiger partial charge in [-0.15, -0.1) is 5.10 Å². The highest BCUT2D eigenvalue weighted by Gasteiger charge is 2.13. The largest absolute Gasteiger partial charge is 0.326 e. The fourth-order valence-electron chi connectivity index (χ4n) is 1.72. The van der Waals surface area contributed by atoms with Crippen molar-refractivity contribution in [1.29, 1.82) is 0 Å². The molecule has 2 N–H and O–H groups in total. The van der Waals surface area contributed by atoms with E-state index in [9.17, 15) is 0 Å². The summed E-state index contributed by atoms with van der Waals surface area (Å²) < 4.78 is 0. The van der Waals surface area contributed by atoms with Crippen LogP contribution in [0.25, 0.3) is 0 Å². The Labute approximate surface area is 118 Å². The maximum atomic E-state index is 5.70. The fraction of sp³-hybridized carbons (Fsp3) is 0.333. The van der Waals surface area contributed by atoms with Gasteiger partial charge in [0.15, 0.2) is 0 Å². The molecule has 0 amide bonds. The molecule has 0 atom stereocenters. The summed E-state index contributed by atoms with van der Waals surface area (Å²) in [6.45, 7) is 7.12. The quantitative estimate of drug-likeness (QED) is 0.931. The lowest BCUT2D eigenvalue weighted by Crippen LogP contribution is -2.10. The molecule has 2 rings (SSSR count). The molecule has 0 saturated carbocycles. The molecule has 0 aliphatic heterocycles. The van der Waals surface area contributed by atoms with E-state index >= 15 is 0 Å². The Bertz CT molecular complexity index is 544. The van der Waals surface area contributed by atoms with Crippen LogP contribution in [0.15, 0.2) is 46.5 Å². The van der Waals surface area contributed by atoms with Gasteiger partial charge in [0, 0.05) is 23.2 Å². The molecule has 2 aromatic rings. The van der Waals surface area contributed by atoms with Crippen LogP contribution in [0.4, 0.5) is 0 Å². The Hall–Kier alpha value is -1.39. The molecule has 0 bridgehead atoms. The summed E-state index contributed by atoms with van der Waals surface area (Å²) in [6.07, 6.45) is 1.68. The second kappa shape index (κ2) is 5.72. The van der Waals surface area contributed by atoms with Crippen LogP contribution in [0, 0.1) is 0 Å². The second-order valence-electron chi connectivity index (χ2n) is 5.44. The Morgan fingerprint density at radius 1 is 1.11 bits per heavy atom. The second-order valence-corrected chi connectivity index (χ2v) is 6.50. The highest BCUT2D eigenvalue weighted by Crippen LogP contribution is 2.30. The van der Waals surface area contributed by atoms with Crippen molar-refractivity contribution in [2.45, 2.75) is 42.7 Å². The van der Waals surface area contributed by atoms with Gasteiger partial charge in [-0.2, -0.15) is 5.10 Å². The first-order chi connectivity index (χ1) is 9.00. The number of nitrogens with two attached hydrogens (primary N) is 1. The van der Waals surface area contributed by atoms with Crippen molar-refractivity contribution in [1.82, 2.24) is 10.2 Å². The first kappa shape index (κ1) is 14.0. The molecule has 0 aliphatic carbocycles. The smallest absolute Gasteiger partial charge is 0.128 e. The van der Waals surface area contributed by atoms with E-state index in [0.717, 1.165) is 15.5 Å². The number of rotatable bonds is 3. The van der Waals surface area contributed by atoms with Gasteiger partial charge in [0.1, 0.15) is 5.03 Å². The van der Waals surface area contributed by atoms with Crippen LogP contribution in [-0.4, -0.2) is 10.2 Å². The minimum absolute atomic E-state index is 0.179. The summed E-state index contributed by atoms with van der Waals surface area (Å²) >= 11 is 1.60. The highest BCUT2D eigenvalue weighted by molar-refractivity contribution is 7.99. The molecule has 0 saturated heterocycles. The van der Waals surface area contributed by atoms with Crippen molar-refractivity contribution in [3.8, 4) is 0 Å². The van der Waals surface area contributed by atoms with Gasteiger partial charge in [0.2, 0.25) is 0 Å². The number of aromatic nitrogens is 2. The lowest BCUT2D eigenvalue weighted by Gasteiger charge is -2.19. The highest BCUT2D eigenvalue weighted by atomic mass is 32.2. The molecular formula is C15H19N3S. The minimum Gasteiger partial charge on any atom is -0.326 e. The van der Waals surface area contributed by atoms with Crippen molar-refractivity contribution < 1.29 is 0 Å².